The molecule has 12 heteroatoms. The maximum atomic E-state index is 10.3. The molecule has 0 radical (unpaired) electrons. The van der Waals surface area contributed by atoms with Gasteiger partial charge >= 0.3 is 0 Å². The zero-order valence-electron chi connectivity index (χ0n) is 23.1. The van der Waals surface area contributed by atoms with E-state index in [2.05, 4.69) is 28.2 Å². The van der Waals surface area contributed by atoms with E-state index >= 15 is 0 Å². The van der Waals surface area contributed by atoms with Crippen molar-refractivity contribution in [2.45, 2.75) is 74.0 Å². The second kappa shape index (κ2) is 13.3. The van der Waals surface area contributed by atoms with Gasteiger partial charge in [0.25, 0.3) is 0 Å². The molecule has 0 aliphatic carbocycles. The topological polar surface area (TPSA) is 205 Å². The minimum Gasteiger partial charge on any atom is -0.396 e. The third-order valence-corrected chi connectivity index (χ3v) is 7.91. The third kappa shape index (κ3) is 6.14. The molecule has 0 bridgehead atoms. The summed E-state index contributed by atoms with van der Waals surface area (Å²) in [5, 5.41) is 90.8. The summed E-state index contributed by atoms with van der Waals surface area (Å²) in [5.74, 6) is 11.5. The summed E-state index contributed by atoms with van der Waals surface area (Å²) in [7, 11) is 0. The zero-order chi connectivity index (χ0) is 30.8. The minimum absolute atomic E-state index is 0.00643. The highest BCUT2D eigenvalue weighted by atomic mass is 16.5. The summed E-state index contributed by atoms with van der Waals surface area (Å²) in [4.78, 5) is 0. The SMILES string of the molecule is OCCCn1c2ccc(C#C[C@H]3O[C@H](CO)[C@@H](O)[C@H](O)[C@@H]3O)cc2c2cc(C#C[C@H]3O[C@H](CO)[C@@H](O)[C@H](O)[C@@H]3O)ccc21. The highest BCUT2D eigenvalue weighted by Crippen LogP contribution is 2.31. The Morgan fingerprint density at radius 1 is 0.605 bits per heavy atom. The summed E-state index contributed by atoms with van der Waals surface area (Å²) < 4.78 is 13.0. The molecule has 230 valence electrons. The molecule has 10 atom stereocenters. The second-order valence-electron chi connectivity index (χ2n) is 10.7. The Balaban J connectivity index is 1.50. The monoisotopic (exact) mass is 597 g/mol. The number of aryl methyl sites for hydroxylation is 1. The van der Waals surface area contributed by atoms with Crippen LogP contribution in [0.2, 0.25) is 0 Å². The molecule has 0 amide bonds. The Bertz CT molecular complexity index is 1450. The molecular weight excluding hydrogens is 562 g/mol. The van der Waals surface area contributed by atoms with E-state index in [-0.39, 0.29) is 6.61 Å². The average Bonchev–Trinajstić information content (AvgIpc) is 3.32. The number of benzene rings is 2. The van der Waals surface area contributed by atoms with Crippen LogP contribution in [0.3, 0.4) is 0 Å². The lowest BCUT2D eigenvalue weighted by molar-refractivity contribution is -0.214. The molecule has 0 unspecified atom stereocenters. The van der Waals surface area contributed by atoms with Crippen molar-refractivity contribution in [2.75, 3.05) is 19.8 Å². The van der Waals surface area contributed by atoms with Crippen LogP contribution >= 0.6 is 0 Å². The number of aromatic nitrogens is 1. The molecule has 5 rings (SSSR count). The predicted octanol–water partition coefficient (Wildman–Crippen LogP) is -2.44. The normalized spacial score (nSPS) is 32.7. The van der Waals surface area contributed by atoms with Crippen molar-refractivity contribution in [1.29, 1.82) is 0 Å². The molecule has 43 heavy (non-hydrogen) atoms. The van der Waals surface area contributed by atoms with Crippen LogP contribution in [-0.4, -0.2) is 131 Å². The number of ether oxygens (including phenoxy) is 2. The quantitative estimate of drug-likeness (QED) is 0.141. The first-order valence-corrected chi connectivity index (χ1v) is 14.0. The van der Waals surface area contributed by atoms with Crippen molar-refractivity contribution < 1.29 is 55.4 Å². The average molecular weight is 598 g/mol. The number of fused-ring (bicyclic) bond motifs is 3. The summed E-state index contributed by atoms with van der Waals surface area (Å²) in [6, 6.07) is 11.0. The molecule has 2 fully saturated rings. The second-order valence-corrected chi connectivity index (χ2v) is 10.7. The van der Waals surface area contributed by atoms with Gasteiger partial charge in [-0.1, -0.05) is 23.7 Å². The number of nitrogens with zero attached hydrogens (tertiary/aromatic N) is 1. The Kier molecular flexibility index (Phi) is 9.68. The number of hydrogen-bond acceptors (Lipinski definition) is 11. The van der Waals surface area contributed by atoms with Crippen molar-refractivity contribution in [3.63, 3.8) is 0 Å². The molecule has 0 saturated carbocycles. The van der Waals surface area contributed by atoms with Gasteiger partial charge in [0.1, 0.15) is 61.0 Å². The molecule has 2 saturated heterocycles. The van der Waals surface area contributed by atoms with Crippen LogP contribution in [-0.2, 0) is 16.0 Å². The van der Waals surface area contributed by atoms with Gasteiger partial charge in [-0.25, -0.2) is 0 Å². The van der Waals surface area contributed by atoms with Gasteiger partial charge in [0.2, 0.25) is 0 Å². The lowest BCUT2D eigenvalue weighted by Crippen LogP contribution is -2.58. The first kappa shape index (κ1) is 31.3. The lowest BCUT2D eigenvalue weighted by atomic mass is 9.95. The first-order valence-electron chi connectivity index (χ1n) is 14.0. The van der Waals surface area contributed by atoms with E-state index in [1.165, 1.54) is 0 Å². The summed E-state index contributed by atoms with van der Waals surface area (Å²) >= 11 is 0. The van der Waals surface area contributed by atoms with Gasteiger partial charge in [-0.15, -0.1) is 0 Å². The van der Waals surface area contributed by atoms with Gasteiger partial charge < -0.3 is 60.0 Å². The molecule has 9 N–H and O–H groups in total. The van der Waals surface area contributed by atoms with Crippen molar-refractivity contribution in [3.8, 4) is 23.7 Å². The van der Waals surface area contributed by atoms with Gasteiger partial charge in [-0.2, -0.15) is 0 Å². The Hall–Kier alpha value is -3.08. The van der Waals surface area contributed by atoms with Crippen molar-refractivity contribution >= 4 is 21.8 Å². The molecule has 2 aromatic carbocycles. The highest BCUT2D eigenvalue weighted by molar-refractivity contribution is 6.09. The molecular formula is C31H35NO11. The van der Waals surface area contributed by atoms with Crippen LogP contribution in [0.1, 0.15) is 17.5 Å². The van der Waals surface area contributed by atoms with Crippen molar-refractivity contribution in [2.24, 2.45) is 0 Å². The van der Waals surface area contributed by atoms with Gasteiger partial charge in [0.15, 0.2) is 0 Å². The van der Waals surface area contributed by atoms with Crippen LogP contribution < -0.4 is 0 Å². The number of rotatable bonds is 5. The largest absolute Gasteiger partial charge is 0.396 e. The number of hydrogen-bond donors (Lipinski definition) is 9. The highest BCUT2D eigenvalue weighted by Gasteiger charge is 2.43. The lowest BCUT2D eigenvalue weighted by Gasteiger charge is -2.37. The zero-order valence-corrected chi connectivity index (χ0v) is 23.1. The van der Waals surface area contributed by atoms with Gasteiger partial charge in [0, 0.05) is 46.1 Å². The summed E-state index contributed by atoms with van der Waals surface area (Å²) in [5.41, 5.74) is 2.90. The maximum absolute atomic E-state index is 10.3. The summed E-state index contributed by atoms with van der Waals surface area (Å²) in [6.45, 7) is -0.553. The van der Waals surface area contributed by atoms with Crippen LogP contribution in [0.15, 0.2) is 36.4 Å². The van der Waals surface area contributed by atoms with Crippen LogP contribution in [0.25, 0.3) is 21.8 Å². The van der Waals surface area contributed by atoms with E-state index in [4.69, 9.17) is 9.47 Å². The van der Waals surface area contributed by atoms with E-state index in [0.717, 1.165) is 21.8 Å². The molecule has 3 heterocycles. The van der Waals surface area contributed by atoms with Crippen LogP contribution in [0.5, 0.6) is 0 Å². The van der Waals surface area contributed by atoms with E-state index in [9.17, 15) is 46.0 Å². The fourth-order valence-electron chi connectivity index (χ4n) is 5.48. The third-order valence-electron chi connectivity index (χ3n) is 7.91. The first-order chi connectivity index (χ1) is 20.7. The molecule has 12 nitrogen and oxygen atoms in total. The standard InChI is InChI=1S/C31H35NO11/c33-11-1-10-32-20-6-2-16(4-8-22-26(36)30(40)28(38)24(14-34)42-22)12-18(20)19-13-17(3-7-21(19)32)5-9-23-27(37)31(41)29(39)25(15-35)43-23/h2-3,6-7,12-13,22-31,33-41H,1,10-11,14-15H2/t22-,23-,24-,25-,26-,27-,28-,29-,30-,31-/m1/s1. The van der Waals surface area contributed by atoms with E-state index in [1.54, 1.807) is 12.1 Å². The van der Waals surface area contributed by atoms with Crippen LogP contribution in [0.4, 0.5) is 0 Å². The van der Waals surface area contributed by atoms with E-state index < -0.39 is 74.3 Å². The Labute approximate surface area is 247 Å². The molecule has 0 spiro atoms. The van der Waals surface area contributed by atoms with Gasteiger partial charge in [-0.3, -0.25) is 0 Å². The van der Waals surface area contributed by atoms with E-state index in [0.29, 0.717) is 24.1 Å². The fourth-order valence-corrected chi connectivity index (χ4v) is 5.48. The predicted molar refractivity (Wildman–Crippen MR) is 152 cm³/mol. The smallest absolute Gasteiger partial charge is 0.147 e. The fraction of sp³-hybridized carbons (Fsp3) is 0.484. The van der Waals surface area contributed by atoms with E-state index in [1.807, 2.05) is 24.3 Å². The molecule has 2 aliphatic heterocycles. The van der Waals surface area contributed by atoms with Crippen LogP contribution in [0, 0.1) is 23.7 Å². The minimum atomic E-state index is -1.53. The maximum Gasteiger partial charge on any atom is 0.147 e. The number of aliphatic hydroxyl groups is 9. The summed E-state index contributed by atoms with van der Waals surface area (Å²) in [6.07, 6.45) is -12.8. The number of aliphatic hydroxyl groups excluding tert-OH is 9. The van der Waals surface area contributed by atoms with Crippen molar-refractivity contribution in [3.05, 3.63) is 47.5 Å². The van der Waals surface area contributed by atoms with Crippen molar-refractivity contribution in [1.82, 2.24) is 4.57 Å². The van der Waals surface area contributed by atoms with Gasteiger partial charge in [-0.05, 0) is 42.8 Å². The molecule has 3 aromatic rings. The Morgan fingerprint density at radius 3 is 1.44 bits per heavy atom. The molecule has 2 aliphatic rings. The molecule has 1 aromatic heterocycles. The Morgan fingerprint density at radius 2 is 1.05 bits per heavy atom. The van der Waals surface area contributed by atoms with Gasteiger partial charge in [0.05, 0.1) is 13.2 Å².